The number of aromatic amines is 1. The lowest BCUT2D eigenvalue weighted by Crippen LogP contribution is -2.54. The lowest BCUT2D eigenvalue weighted by molar-refractivity contribution is -0.273. The Morgan fingerprint density at radius 3 is 2.24 bits per heavy atom. The molecular formula is C10H13F4N2O13P3S. The second-order valence-corrected chi connectivity index (χ2v) is 10.9. The summed E-state index contributed by atoms with van der Waals surface area (Å²) in [5.41, 5.74) is -5.47. The summed E-state index contributed by atoms with van der Waals surface area (Å²) in [5, 5.41) is 9.94. The summed E-state index contributed by atoms with van der Waals surface area (Å²) in [6, 6.07) is 0.654. The van der Waals surface area contributed by atoms with Gasteiger partial charge in [-0.2, -0.15) is 21.8 Å². The molecule has 33 heavy (non-hydrogen) atoms. The fraction of sp³-hybridized carbons (Fsp3) is 0.600. The van der Waals surface area contributed by atoms with Crippen LogP contribution >= 0.6 is 35.7 Å². The van der Waals surface area contributed by atoms with Crippen LogP contribution in [0.15, 0.2) is 17.1 Å². The van der Waals surface area contributed by atoms with E-state index in [-0.39, 0.29) is 4.57 Å². The van der Waals surface area contributed by atoms with E-state index in [9.17, 15) is 41.7 Å². The smallest absolute Gasteiger partial charge is 0.386 e. The third-order valence-corrected chi connectivity index (χ3v) is 7.92. The molecule has 1 saturated heterocycles. The van der Waals surface area contributed by atoms with Crippen LogP contribution in [0.5, 0.6) is 0 Å². The molecule has 0 radical (unpaired) electrons. The van der Waals surface area contributed by atoms with Crippen molar-refractivity contribution in [2.75, 3.05) is 6.61 Å². The fourth-order valence-electron chi connectivity index (χ4n) is 2.54. The molecule has 2 rings (SSSR count). The molecule has 15 nitrogen and oxygen atoms in total. The van der Waals surface area contributed by atoms with Crippen LogP contribution in [0.3, 0.4) is 0 Å². The van der Waals surface area contributed by atoms with E-state index in [1.165, 1.54) is 0 Å². The van der Waals surface area contributed by atoms with E-state index in [2.05, 4.69) is 25.4 Å². The Morgan fingerprint density at radius 1 is 1.18 bits per heavy atom. The summed E-state index contributed by atoms with van der Waals surface area (Å²) in [5.74, 6) is 0. The fourth-order valence-corrected chi connectivity index (χ4v) is 5.83. The second kappa shape index (κ2) is 9.31. The number of ether oxygens (including phenoxy) is 1. The Labute approximate surface area is 184 Å². The van der Waals surface area contributed by atoms with Crippen molar-refractivity contribution in [3.63, 3.8) is 0 Å². The zero-order chi connectivity index (χ0) is 25.6. The van der Waals surface area contributed by atoms with Gasteiger partial charge in [-0.3, -0.25) is 18.9 Å². The number of alkyl halides is 4. The molecule has 190 valence electrons. The maximum absolute atomic E-state index is 15.1. The molecule has 6 N–H and O–H groups in total. The second-order valence-electron chi connectivity index (χ2n) is 6.14. The van der Waals surface area contributed by atoms with Crippen molar-refractivity contribution in [2.45, 2.75) is 30.3 Å². The lowest BCUT2D eigenvalue weighted by atomic mass is 9.95. The Balaban J connectivity index is 2.29. The van der Waals surface area contributed by atoms with Crippen molar-refractivity contribution in [1.82, 2.24) is 9.55 Å². The number of halogens is 4. The van der Waals surface area contributed by atoms with Gasteiger partial charge in [-0.1, -0.05) is 0 Å². The van der Waals surface area contributed by atoms with Crippen LogP contribution in [0.4, 0.5) is 17.6 Å². The number of phosphoric acid groups is 3. The normalized spacial score (nSPS) is 30.0. The van der Waals surface area contributed by atoms with E-state index >= 15 is 4.39 Å². The van der Waals surface area contributed by atoms with Gasteiger partial charge in [0, 0.05) is 12.3 Å². The molecular weight excluding hydrogens is 557 g/mol. The highest BCUT2D eigenvalue weighted by Gasteiger charge is 2.73. The molecule has 6 atom stereocenters. The molecule has 2 heterocycles. The first kappa shape index (κ1) is 28.4. The van der Waals surface area contributed by atoms with Gasteiger partial charge < -0.3 is 29.4 Å². The Kier molecular flexibility index (Phi) is 8.01. The Hall–Kier alpha value is -0.850. The van der Waals surface area contributed by atoms with Crippen molar-refractivity contribution >= 4 is 35.7 Å². The zero-order valence-electron chi connectivity index (χ0n) is 15.3. The highest BCUT2D eigenvalue weighted by molar-refractivity contribution is 7.71. The van der Waals surface area contributed by atoms with Crippen LogP contribution in [-0.4, -0.2) is 64.9 Å². The number of hydrogen-bond donors (Lipinski definition) is 6. The van der Waals surface area contributed by atoms with Gasteiger partial charge in [-0.05, 0) is 12.2 Å². The van der Waals surface area contributed by atoms with E-state index in [1.807, 2.05) is 4.98 Å². The number of H-pyrrole nitrogens is 1. The molecule has 0 aromatic carbocycles. The number of nitrogens with zero attached hydrogens (tertiary/aromatic N) is 1. The van der Waals surface area contributed by atoms with E-state index in [0.717, 1.165) is 0 Å². The number of rotatable bonds is 8. The number of aliphatic hydroxyl groups is 1. The summed E-state index contributed by atoms with van der Waals surface area (Å²) >= 11 is 4.65. The molecule has 1 aliphatic rings. The molecule has 0 saturated carbocycles. The van der Waals surface area contributed by atoms with Gasteiger partial charge in [0.2, 0.25) is 0 Å². The van der Waals surface area contributed by atoms with Gasteiger partial charge in [0.25, 0.3) is 11.2 Å². The minimum absolute atomic E-state index is 0.290. The van der Waals surface area contributed by atoms with E-state index in [0.29, 0.717) is 12.3 Å². The quantitative estimate of drug-likeness (QED) is 0.144. The molecule has 23 heteroatoms. The maximum atomic E-state index is 15.1. The Bertz CT molecular complexity index is 1150. The average molecular weight is 570 g/mol. The Morgan fingerprint density at radius 2 is 1.76 bits per heavy atom. The summed E-state index contributed by atoms with van der Waals surface area (Å²) in [6.45, 7) is -1.58. The minimum atomic E-state index is -5.95. The third-order valence-electron chi connectivity index (χ3n) is 3.80. The number of nitrogens with one attached hydrogen (secondary N) is 1. The SMILES string of the molecule is O=c1ccn(C2OC(COP(=O)(O)OP(=O)(O)OP(=O)(O)O)C(O)C2(F)C(F)(F)F)c(=S)[nH]1. The average Bonchev–Trinajstić information content (AvgIpc) is 2.82. The van der Waals surface area contributed by atoms with Crippen LogP contribution in [0, 0.1) is 4.77 Å². The molecule has 1 aliphatic heterocycles. The molecule has 1 aromatic heterocycles. The van der Waals surface area contributed by atoms with Gasteiger partial charge in [0.05, 0.1) is 6.61 Å². The van der Waals surface area contributed by atoms with E-state index in [4.69, 9.17) is 19.4 Å². The van der Waals surface area contributed by atoms with Gasteiger partial charge in [0.15, 0.2) is 11.0 Å². The van der Waals surface area contributed by atoms with Gasteiger partial charge in [-0.25, -0.2) is 18.1 Å². The number of phosphoric ester groups is 1. The number of aromatic nitrogens is 2. The molecule has 1 aromatic rings. The maximum Gasteiger partial charge on any atom is 0.490 e. The molecule has 0 bridgehead atoms. The predicted molar refractivity (Wildman–Crippen MR) is 95.5 cm³/mol. The van der Waals surface area contributed by atoms with E-state index in [1.54, 1.807) is 0 Å². The monoisotopic (exact) mass is 570 g/mol. The topological polar surface area (TPSA) is 227 Å². The lowest BCUT2D eigenvalue weighted by Gasteiger charge is -2.31. The van der Waals surface area contributed by atoms with Crippen molar-refractivity contribution in [1.29, 1.82) is 0 Å². The zero-order valence-corrected chi connectivity index (χ0v) is 18.8. The van der Waals surface area contributed by atoms with Crippen molar-refractivity contribution in [2.24, 2.45) is 0 Å². The van der Waals surface area contributed by atoms with Gasteiger partial charge >= 0.3 is 29.6 Å². The first-order valence-electron chi connectivity index (χ1n) is 7.87. The first-order valence-corrected chi connectivity index (χ1v) is 12.8. The summed E-state index contributed by atoms with van der Waals surface area (Å²) in [7, 11) is -17.5. The third kappa shape index (κ3) is 6.64. The largest absolute Gasteiger partial charge is 0.490 e. The van der Waals surface area contributed by atoms with Crippen molar-refractivity contribution < 1.29 is 73.8 Å². The molecule has 0 amide bonds. The van der Waals surface area contributed by atoms with Crippen LogP contribution in [0.25, 0.3) is 0 Å². The highest BCUT2D eigenvalue weighted by Crippen LogP contribution is 2.66. The molecule has 0 spiro atoms. The van der Waals surface area contributed by atoms with Crippen LogP contribution < -0.4 is 5.56 Å². The van der Waals surface area contributed by atoms with Gasteiger partial charge in [0.1, 0.15) is 12.2 Å². The standard InChI is InChI=1S/C10H13F4N2O13P3S/c11-9(10(12,13)14)6(18)4(27-7(9)16-2-1-5(17)15-8(16)33)3-26-31(22,23)29-32(24,25)28-30(19,20)21/h1-2,4,6-7,18H,3H2,(H,22,23)(H,24,25)(H,15,17,33)(H2,19,20,21). The van der Waals surface area contributed by atoms with Gasteiger partial charge in [-0.15, -0.1) is 0 Å². The predicted octanol–water partition coefficient (Wildman–Crippen LogP) is 0.778. The summed E-state index contributed by atoms with van der Waals surface area (Å²) in [6.07, 6.45) is -13.5. The first-order chi connectivity index (χ1) is 14.7. The number of aliphatic hydroxyl groups excluding tert-OH is 1. The summed E-state index contributed by atoms with van der Waals surface area (Å²) < 4.78 is 104. The van der Waals surface area contributed by atoms with E-state index < -0.39 is 70.7 Å². The minimum Gasteiger partial charge on any atom is -0.386 e. The van der Waals surface area contributed by atoms with Crippen LogP contribution in [0.1, 0.15) is 6.23 Å². The number of hydrogen-bond acceptors (Lipinski definition) is 10. The molecule has 6 unspecified atom stereocenters. The highest BCUT2D eigenvalue weighted by atomic mass is 32.1. The molecule has 1 fully saturated rings. The van der Waals surface area contributed by atoms with Crippen LogP contribution in [-0.2, 0) is 31.6 Å². The molecule has 0 aliphatic carbocycles. The van der Waals surface area contributed by atoms with Crippen molar-refractivity contribution in [3.05, 3.63) is 27.4 Å². The summed E-state index contributed by atoms with van der Waals surface area (Å²) in [4.78, 5) is 48.4. The van der Waals surface area contributed by atoms with Crippen LogP contribution in [0.2, 0.25) is 0 Å². The van der Waals surface area contributed by atoms with Crippen molar-refractivity contribution in [3.8, 4) is 0 Å².